The van der Waals surface area contributed by atoms with Gasteiger partial charge in [-0.3, -0.25) is 9.69 Å². The fourth-order valence-electron chi connectivity index (χ4n) is 3.17. The number of rotatable bonds is 8. The van der Waals surface area contributed by atoms with Gasteiger partial charge in [-0.2, -0.15) is 0 Å². The summed E-state index contributed by atoms with van der Waals surface area (Å²) in [5, 5.41) is 0.684. The Balaban J connectivity index is 1.99. The molecule has 156 valence electrons. The van der Waals surface area contributed by atoms with Crippen molar-refractivity contribution in [2.45, 2.75) is 20.3 Å². The fraction of sp³-hybridized carbons (Fsp3) is 0.250. The van der Waals surface area contributed by atoms with Gasteiger partial charge in [-0.05, 0) is 67.9 Å². The number of methoxy groups -OCH3 is 1. The molecule has 0 aliphatic carbocycles. The molecular weight excluding hydrogens is 396 g/mol. The Kier molecular flexibility index (Phi) is 7.36. The monoisotopic (exact) mass is 422 g/mol. The zero-order valence-corrected chi connectivity index (χ0v) is 18.4. The fourth-order valence-corrected chi connectivity index (χ4v) is 4.23. The molecule has 2 aromatic carbocycles. The summed E-state index contributed by atoms with van der Waals surface area (Å²) in [6.07, 6.45) is 4.35. The van der Waals surface area contributed by atoms with Crippen LogP contribution in [0.2, 0.25) is 0 Å². The quantitative estimate of drug-likeness (QED) is 0.419. The lowest BCUT2D eigenvalue weighted by Gasteiger charge is -2.15. The predicted molar refractivity (Wildman–Crippen MR) is 125 cm³/mol. The number of carbonyl (C=O) groups is 1. The second-order valence-electron chi connectivity index (χ2n) is 6.53. The number of para-hydroxylation sites is 1. The van der Waals surface area contributed by atoms with E-state index in [0.717, 1.165) is 16.8 Å². The number of carbonyl (C=O) groups excluding carboxylic acids is 1. The minimum Gasteiger partial charge on any atom is -0.493 e. The summed E-state index contributed by atoms with van der Waals surface area (Å²) in [5.74, 6) is 1.31. The summed E-state index contributed by atoms with van der Waals surface area (Å²) in [6.45, 7) is 8.82. The van der Waals surface area contributed by atoms with E-state index in [0.29, 0.717) is 41.1 Å². The van der Waals surface area contributed by atoms with Crippen molar-refractivity contribution < 1.29 is 14.3 Å². The van der Waals surface area contributed by atoms with Gasteiger partial charge in [-0.1, -0.05) is 24.3 Å². The van der Waals surface area contributed by atoms with Crippen molar-refractivity contribution in [1.29, 1.82) is 0 Å². The Morgan fingerprint density at radius 3 is 2.60 bits per heavy atom. The van der Waals surface area contributed by atoms with Crippen molar-refractivity contribution in [2.24, 2.45) is 4.99 Å². The highest BCUT2D eigenvalue weighted by Crippen LogP contribution is 2.37. The van der Waals surface area contributed by atoms with Crippen LogP contribution in [0.4, 0.5) is 5.69 Å². The molecule has 1 amide bonds. The number of hydrogen-bond donors (Lipinski definition) is 0. The van der Waals surface area contributed by atoms with Crippen LogP contribution in [0.5, 0.6) is 11.5 Å². The number of benzene rings is 2. The van der Waals surface area contributed by atoms with Crippen LogP contribution in [0, 0.1) is 0 Å². The van der Waals surface area contributed by atoms with Gasteiger partial charge in [-0.25, -0.2) is 4.99 Å². The number of likely N-dealkylation sites (N-methyl/N-ethyl adjacent to an activating group) is 1. The molecule has 0 N–H and O–H groups in total. The number of amides is 1. The average Bonchev–Trinajstić information content (AvgIpc) is 3.04. The standard InChI is InChI=1S/C24H26N2O3S/c1-5-11-18-14-17(15-20(28-4)22(18)29-7-3)16-21-23(27)26(6-2)24(30-21)25-19-12-9-8-10-13-19/h5,8-10,12-16H,1,6-7,11H2,2-4H3/b21-16+,25-24?. The Bertz CT molecular complexity index is 983. The van der Waals surface area contributed by atoms with E-state index in [-0.39, 0.29) is 5.91 Å². The van der Waals surface area contributed by atoms with Crippen LogP contribution in [0.15, 0.2) is 65.0 Å². The molecule has 0 aromatic heterocycles. The topological polar surface area (TPSA) is 51.1 Å². The maximum absolute atomic E-state index is 13.0. The molecule has 0 unspecified atom stereocenters. The molecule has 3 rings (SSSR count). The van der Waals surface area contributed by atoms with E-state index in [4.69, 9.17) is 9.47 Å². The average molecular weight is 423 g/mol. The zero-order valence-electron chi connectivity index (χ0n) is 17.6. The molecule has 0 radical (unpaired) electrons. The normalized spacial score (nSPS) is 16.4. The minimum atomic E-state index is -0.0460. The summed E-state index contributed by atoms with van der Waals surface area (Å²) >= 11 is 1.38. The highest BCUT2D eigenvalue weighted by molar-refractivity contribution is 8.18. The van der Waals surface area contributed by atoms with E-state index in [1.165, 1.54) is 11.8 Å². The van der Waals surface area contributed by atoms with E-state index in [2.05, 4.69) is 11.6 Å². The number of nitrogens with zero attached hydrogens (tertiary/aromatic N) is 2. The number of ether oxygens (including phenoxy) is 2. The third-order valence-electron chi connectivity index (χ3n) is 4.51. The maximum Gasteiger partial charge on any atom is 0.266 e. The number of amidine groups is 1. The molecule has 0 spiro atoms. The van der Waals surface area contributed by atoms with E-state index in [1.54, 1.807) is 12.0 Å². The molecule has 30 heavy (non-hydrogen) atoms. The molecule has 1 aliphatic rings. The van der Waals surface area contributed by atoms with E-state index < -0.39 is 0 Å². The van der Waals surface area contributed by atoms with Gasteiger partial charge in [0.05, 0.1) is 24.3 Å². The lowest BCUT2D eigenvalue weighted by atomic mass is 10.0. The first kappa shape index (κ1) is 21.7. The molecule has 0 bridgehead atoms. The number of aliphatic imine (C=N–C) groups is 1. The first-order chi connectivity index (χ1) is 14.6. The second-order valence-corrected chi connectivity index (χ2v) is 7.54. The van der Waals surface area contributed by atoms with Gasteiger partial charge in [0.2, 0.25) is 0 Å². The largest absolute Gasteiger partial charge is 0.493 e. The molecule has 6 heteroatoms. The predicted octanol–water partition coefficient (Wildman–Crippen LogP) is 5.45. The van der Waals surface area contributed by atoms with Gasteiger partial charge in [0.1, 0.15) is 0 Å². The first-order valence-electron chi connectivity index (χ1n) is 9.91. The Hall–Kier alpha value is -2.99. The van der Waals surface area contributed by atoms with E-state index in [9.17, 15) is 4.79 Å². The SMILES string of the molecule is C=CCc1cc(/C=C2/SC(=Nc3ccccc3)N(CC)C2=O)cc(OC)c1OCC. The van der Waals surface area contributed by atoms with Gasteiger partial charge >= 0.3 is 0 Å². The highest BCUT2D eigenvalue weighted by atomic mass is 32.2. The number of hydrogen-bond acceptors (Lipinski definition) is 5. The Labute approximate surface area is 182 Å². The van der Waals surface area contributed by atoms with Crippen LogP contribution < -0.4 is 9.47 Å². The van der Waals surface area contributed by atoms with Crippen molar-refractivity contribution in [3.63, 3.8) is 0 Å². The summed E-state index contributed by atoms with van der Waals surface area (Å²) < 4.78 is 11.3. The van der Waals surface area contributed by atoms with E-state index in [1.807, 2.05) is 68.5 Å². The summed E-state index contributed by atoms with van der Waals surface area (Å²) in [7, 11) is 1.62. The first-order valence-corrected chi connectivity index (χ1v) is 10.7. The van der Waals surface area contributed by atoms with Gasteiger partial charge in [0, 0.05) is 12.1 Å². The number of thioether (sulfide) groups is 1. The minimum absolute atomic E-state index is 0.0460. The van der Waals surface area contributed by atoms with Crippen LogP contribution in [-0.4, -0.2) is 36.2 Å². The van der Waals surface area contributed by atoms with E-state index >= 15 is 0 Å². The van der Waals surface area contributed by atoms with Gasteiger partial charge in [0.25, 0.3) is 5.91 Å². The molecule has 1 saturated heterocycles. The van der Waals surface area contributed by atoms with Gasteiger partial charge in [0.15, 0.2) is 16.7 Å². The molecule has 2 aromatic rings. The lowest BCUT2D eigenvalue weighted by Crippen LogP contribution is -2.28. The summed E-state index contributed by atoms with van der Waals surface area (Å²) in [6, 6.07) is 13.6. The van der Waals surface area contributed by atoms with Crippen LogP contribution in [0.3, 0.4) is 0 Å². The van der Waals surface area contributed by atoms with Gasteiger partial charge < -0.3 is 9.47 Å². The van der Waals surface area contributed by atoms with Crippen LogP contribution in [-0.2, 0) is 11.2 Å². The maximum atomic E-state index is 13.0. The van der Waals surface area contributed by atoms with Crippen LogP contribution >= 0.6 is 11.8 Å². The van der Waals surface area contributed by atoms with Crippen molar-refractivity contribution >= 4 is 34.6 Å². The Morgan fingerprint density at radius 1 is 1.20 bits per heavy atom. The number of allylic oxidation sites excluding steroid dienone is 1. The third-order valence-corrected chi connectivity index (χ3v) is 5.52. The summed E-state index contributed by atoms with van der Waals surface area (Å²) in [4.78, 5) is 19.9. The smallest absolute Gasteiger partial charge is 0.266 e. The molecule has 1 heterocycles. The second kappa shape index (κ2) is 10.2. The van der Waals surface area contributed by atoms with Crippen LogP contribution in [0.25, 0.3) is 6.08 Å². The summed E-state index contributed by atoms with van der Waals surface area (Å²) in [5.41, 5.74) is 2.67. The van der Waals surface area contributed by atoms with Crippen molar-refractivity contribution in [3.05, 3.63) is 71.2 Å². The molecular formula is C24H26N2O3S. The van der Waals surface area contributed by atoms with Gasteiger partial charge in [-0.15, -0.1) is 6.58 Å². The third kappa shape index (κ3) is 4.76. The van der Waals surface area contributed by atoms with Crippen molar-refractivity contribution in [1.82, 2.24) is 4.90 Å². The molecule has 1 fully saturated rings. The van der Waals surface area contributed by atoms with Crippen molar-refractivity contribution in [2.75, 3.05) is 20.3 Å². The molecule has 0 atom stereocenters. The highest BCUT2D eigenvalue weighted by Gasteiger charge is 2.32. The molecule has 0 saturated carbocycles. The van der Waals surface area contributed by atoms with Crippen LogP contribution in [0.1, 0.15) is 25.0 Å². The molecule has 1 aliphatic heterocycles. The Morgan fingerprint density at radius 2 is 1.97 bits per heavy atom. The zero-order chi connectivity index (χ0) is 21.5. The van der Waals surface area contributed by atoms with Crippen molar-refractivity contribution in [3.8, 4) is 11.5 Å². The molecule has 5 nitrogen and oxygen atoms in total. The lowest BCUT2D eigenvalue weighted by molar-refractivity contribution is -0.122.